The van der Waals surface area contributed by atoms with Gasteiger partial charge >= 0.3 is 6.03 Å². The van der Waals surface area contributed by atoms with Crippen molar-refractivity contribution in [3.8, 4) is 5.75 Å². The van der Waals surface area contributed by atoms with E-state index >= 15 is 0 Å². The Morgan fingerprint density at radius 3 is 2.67 bits per heavy atom. The number of methoxy groups -OCH3 is 1. The van der Waals surface area contributed by atoms with E-state index in [1.165, 1.54) is 0 Å². The van der Waals surface area contributed by atoms with Crippen LogP contribution in [0.15, 0.2) is 45.3 Å². The summed E-state index contributed by atoms with van der Waals surface area (Å²) in [5.74, 6) is 0.670. The Balaban J connectivity index is 2.46. The Bertz CT molecular complexity index is 837. The lowest BCUT2D eigenvalue weighted by Gasteiger charge is -2.20. The Morgan fingerprint density at radius 2 is 2.11 bits per heavy atom. The van der Waals surface area contributed by atoms with Crippen LogP contribution >= 0.6 is 27.5 Å². The van der Waals surface area contributed by atoms with Crippen LogP contribution in [-0.4, -0.2) is 55.9 Å². The molecule has 0 fully saturated rings. The van der Waals surface area contributed by atoms with Crippen molar-refractivity contribution in [1.29, 1.82) is 0 Å². The Kier molecular flexibility index (Phi) is 6.74. The summed E-state index contributed by atoms with van der Waals surface area (Å²) < 4.78 is 6.05. The highest BCUT2D eigenvalue weighted by atomic mass is 79.9. The number of ether oxygens (including phenoxy) is 1. The highest BCUT2D eigenvalue weighted by molar-refractivity contribution is 9.10. The van der Waals surface area contributed by atoms with Gasteiger partial charge < -0.3 is 21.1 Å². The van der Waals surface area contributed by atoms with Crippen LogP contribution in [0, 0.1) is 0 Å². The molecule has 0 aliphatic carbocycles. The summed E-state index contributed by atoms with van der Waals surface area (Å²) in [6, 6.07) is 3.16. The van der Waals surface area contributed by atoms with Crippen molar-refractivity contribution in [2.24, 2.45) is 16.5 Å². The molecule has 0 radical (unpaired) electrons. The summed E-state index contributed by atoms with van der Waals surface area (Å²) >= 11 is 9.82. The molecule has 0 spiro atoms. The van der Waals surface area contributed by atoms with Gasteiger partial charge in [-0.2, -0.15) is 0 Å². The largest absolute Gasteiger partial charge is 0.496 e. The smallest absolute Gasteiger partial charge is 0.332 e. The maximum atomic E-state index is 12.3. The van der Waals surface area contributed by atoms with Crippen LogP contribution in [0.4, 0.5) is 4.79 Å². The second-order valence-corrected chi connectivity index (χ2v) is 7.35. The van der Waals surface area contributed by atoms with Crippen LogP contribution in [0.25, 0.3) is 0 Å². The van der Waals surface area contributed by atoms with Crippen LogP contribution in [-0.2, 0) is 0 Å². The van der Waals surface area contributed by atoms with Gasteiger partial charge in [-0.1, -0.05) is 18.2 Å². The number of urea groups is 1. The molecule has 1 aliphatic heterocycles. The maximum absolute atomic E-state index is 12.3. The van der Waals surface area contributed by atoms with Gasteiger partial charge in [-0.05, 0) is 28.1 Å². The topological polar surface area (TPSA) is 109 Å². The van der Waals surface area contributed by atoms with Gasteiger partial charge in [-0.15, -0.1) is 0 Å². The molecule has 2 rings (SSSR count). The number of nitrogens with two attached hydrogens (primary N) is 2. The van der Waals surface area contributed by atoms with E-state index in [-0.39, 0.29) is 24.9 Å². The first-order valence-corrected chi connectivity index (χ1v) is 9.08. The number of rotatable bonds is 5. The first-order valence-electron chi connectivity index (χ1n) is 7.91. The lowest BCUT2D eigenvalue weighted by atomic mass is 10.0. The molecule has 5 N–H and O–H groups in total. The second kappa shape index (κ2) is 8.64. The van der Waals surface area contributed by atoms with E-state index < -0.39 is 0 Å². The average molecular weight is 458 g/mol. The van der Waals surface area contributed by atoms with Crippen molar-refractivity contribution in [3.05, 3.63) is 50.9 Å². The first kappa shape index (κ1) is 21.1. The number of nitrogens with one attached hydrogen (secondary N) is 1. The number of benzene rings is 1. The van der Waals surface area contributed by atoms with Crippen molar-refractivity contribution >= 4 is 39.3 Å². The minimum atomic E-state index is -0.275. The third-order valence-electron chi connectivity index (χ3n) is 3.74. The van der Waals surface area contributed by atoms with E-state index in [1.807, 2.05) is 0 Å². The van der Waals surface area contributed by atoms with Gasteiger partial charge in [0.05, 0.1) is 35.4 Å². The van der Waals surface area contributed by atoms with Gasteiger partial charge in [-0.3, -0.25) is 5.43 Å². The van der Waals surface area contributed by atoms with Gasteiger partial charge in [0.1, 0.15) is 11.6 Å². The summed E-state index contributed by atoms with van der Waals surface area (Å²) in [5.41, 5.74) is 16.8. The summed E-state index contributed by atoms with van der Waals surface area (Å²) in [6.45, 7) is 4.16. The van der Waals surface area contributed by atoms with Crippen molar-refractivity contribution < 1.29 is 9.53 Å². The fourth-order valence-corrected chi connectivity index (χ4v) is 3.47. The highest BCUT2D eigenvalue weighted by Crippen LogP contribution is 2.34. The second-order valence-electron chi connectivity index (χ2n) is 6.09. The Labute approximate surface area is 171 Å². The molecular weight excluding hydrogens is 436 g/mol. The maximum Gasteiger partial charge on any atom is 0.332 e. The molecule has 0 unspecified atom stereocenters. The number of aliphatic imine (C=N–C) groups is 1. The minimum Gasteiger partial charge on any atom is -0.496 e. The molecule has 1 aromatic carbocycles. The Morgan fingerprint density at radius 1 is 1.44 bits per heavy atom. The predicted octanol–water partition coefficient (Wildman–Crippen LogP) is 2.04. The molecule has 0 atom stereocenters. The van der Waals surface area contributed by atoms with Crippen molar-refractivity contribution in [1.82, 2.24) is 15.3 Å². The zero-order chi connectivity index (χ0) is 20.3. The molecule has 0 saturated heterocycles. The van der Waals surface area contributed by atoms with Gasteiger partial charge in [0.15, 0.2) is 0 Å². The molecule has 27 heavy (non-hydrogen) atoms. The van der Waals surface area contributed by atoms with E-state index in [0.717, 1.165) is 0 Å². The first-order chi connectivity index (χ1) is 12.6. The van der Waals surface area contributed by atoms with Crippen LogP contribution in [0.5, 0.6) is 5.75 Å². The normalized spacial score (nSPS) is 14.7. The molecular formula is C17H22BrClN6O2. The molecule has 1 aliphatic rings. The Hall–Kier alpha value is -2.23. The van der Waals surface area contributed by atoms with E-state index in [1.54, 1.807) is 43.2 Å². The molecule has 1 aromatic rings. The van der Waals surface area contributed by atoms with Gasteiger partial charge in [0.25, 0.3) is 0 Å². The van der Waals surface area contributed by atoms with Crippen LogP contribution in [0.1, 0.15) is 5.56 Å². The summed E-state index contributed by atoms with van der Waals surface area (Å²) in [5, 5.41) is 1.99. The van der Waals surface area contributed by atoms with E-state index in [0.29, 0.717) is 37.8 Å². The SMILES string of the molecule is C=C(N)/N=C(\C1=C(N)CN(C(=O)NN(C)C)C1)c1cc(OC)c(Br)cc1Cl. The monoisotopic (exact) mass is 456 g/mol. The van der Waals surface area contributed by atoms with E-state index in [9.17, 15) is 4.79 Å². The number of carbonyl (C=O) groups excluding carboxylic acids is 1. The predicted molar refractivity (Wildman–Crippen MR) is 111 cm³/mol. The number of hydrogen-bond donors (Lipinski definition) is 3. The van der Waals surface area contributed by atoms with Gasteiger partial charge in [0, 0.05) is 30.9 Å². The number of halogens is 2. The van der Waals surface area contributed by atoms with Crippen LogP contribution in [0.3, 0.4) is 0 Å². The minimum absolute atomic E-state index is 0.0967. The number of amides is 2. The quantitative estimate of drug-likeness (QED) is 0.463. The van der Waals surface area contributed by atoms with Crippen molar-refractivity contribution in [2.75, 3.05) is 34.3 Å². The summed E-state index contributed by atoms with van der Waals surface area (Å²) in [6.07, 6.45) is 0. The number of carbonyl (C=O) groups is 1. The molecule has 2 amide bonds. The fourth-order valence-electron chi connectivity index (χ4n) is 2.58. The molecule has 8 nitrogen and oxygen atoms in total. The lowest BCUT2D eigenvalue weighted by Crippen LogP contribution is -2.45. The molecule has 1 heterocycles. The van der Waals surface area contributed by atoms with Crippen molar-refractivity contribution in [2.45, 2.75) is 0 Å². The number of nitrogens with zero attached hydrogens (tertiary/aromatic N) is 3. The lowest BCUT2D eigenvalue weighted by molar-refractivity contribution is 0.181. The van der Waals surface area contributed by atoms with Gasteiger partial charge in [-0.25, -0.2) is 14.8 Å². The summed E-state index contributed by atoms with van der Waals surface area (Å²) in [4.78, 5) is 18.2. The third kappa shape index (κ3) is 4.94. The van der Waals surface area contributed by atoms with E-state index in [2.05, 4.69) is 32.9 Å². The average Bonchev–Trinajstić information content (AvgIpc) is 2.94. The number of hydrogen-bond acceptors (Lipinski definition) is 6. The molecule has 0 bridgehead atoms. The zero-order valence-corrected chi connectivity index (χ0v) is 17.7. The molecule has 0 saturated carbocycles. The highest BCUT2D eigenvalue weighted by Gasteiger charge is 2.29. The fraction of sp³-hybridized carbons (Fsp3) is 0.294. The van der Waals surface area contributed by atoms with Gasteiger partial charge in [0.2, 0.25) is 0 Å². The molecule has 10 heteroatoms. The van der Waals surface area contributed by atoms with E-state index in [4.69, 9.17) is 27.8 Å². The molecule has 146 valence electrons. The standard InChI is InChI=1S/C17H22BrClN6O2/c1-9(20)22-16(10-5-15(27-4)12(18)6-13(10)19)11-7-25(8-14(11)21)17(26)23-24(2)3/h5-6H,1,7-8,20-21H2,2-4H3,(H,23,26)/b22-16-. The number of hydrazine groups is 1. The zero-order valence-electron chi connectivity index (χ0n) is 15.3. The summed E-state index contributed by atoms with van der Waals surface area (Å²) in [7, 11) is 5.00. The molecule has 0 aromatic heterocycles. The van der Waals surface area contributed by atoms with Crippen molar-refractivity contribution in [3.63, 3.8) is 0 Å². The third-order valence-corrected chi connectivity index (χ3v) is 4.67. The van der Waals surface area contributed by atoms with Crippen LogP contribution in [0.2, 0.25) is 5.02 Å². The van der Waals surface area contributed by atoms with Crippen LogP contribution < -0.4 is 21.6 Å².